The van der Waals surface area contributed by atoms with Gasteiger partial charge < -0.3 is 10.2 Å². The van der Waals surface area contributed by atoms with Gasteiger partial charge in [0.15, 0.2) is 0 Å². The van der Waals surface area contributed by atoms with Crippen molar-refractivity contribution < 1.29 is 10.2 Å². The molecule has 1 aliphatic carbocycles. The third-order valence-electron chi connectivity index (χ3n) is 3.80. The van der Waals surface area contributed by atoms with E-state index >= 15 is 0 Å². The molecule has 0 unspecified atom stereocenters. The van der Waals surface area contributed by atoms with E-state index in [-0.39, 0.29) is 0 Å². The first-order valence-corrected chi connectivity index (χ1v) is 6.15. The predicted molar refractivity (Wildman–Crippen MR) is 68.7 cm³/mol. The van der Waals surface area contributed by atoms with Crippen LogP contribution in [-0.2, 0) is 12.8 Å². The third-order valence-corrected chi connectivity index (χ3v) is 3.80. The topological polar surface area (TPSA) is 40.5 Å². The highest BCUT2D eigenvalue weighted by Crippen LogP contribution is 2.43. The number of phenols is 2. The zero-order chi connectivity index (χ0) is 12.0. The molecule has 0 saturated heterocycles. The Morgan fingerprint density at radius 1 is 0.941 bits per heavy atom. The molecule has 0 bridgehead atoms. The van der Waals surface area contributed by atoms with E-state index in [1.165, 1.54) is 0 Å². The lowest BCUT2D eigenvalue weighted by Gasteiger charge is -2.21. The highest BCUT2D eigenvalue weighted by Gasteiger charge is 2.21. The van der Waals surface area contributed by atoms with Crippen molar-refractivity contribution in [2.24, 2.45) is 0 Å². The lowest BCUT2D eigenvalue weighted by atomic mass is 9.86. The van der Waals surface area contributed by atoms with Gasteiger partial charge in [-0.15, -0.1) is 0 Å². The van der Waals surface area contributed by atoms with E-state index in [9.17, 15) is 10.2 Å². The second-order valence-electron chi connectivity index (χ2n) is 4.86. The Balaban J connectivity index is 2.48. The molecule has 0 atom stereocenters. The summed E-state index contributed by atoms with van der Waals surface area (Å²) >= 11 is 0. The minimum atomic E-state index is 0.371. The van der Waals surface area contributed by atoms with Crippen molar-refractivity contribution >= 4 is 10.8 Å². The summed E-state index contributed by atoms with van der Waals surface area (Å²) < 4.78 is 0. The SMILES string of the molecule is Cc1cccc2c(O)c3c(c(O)c12)CCCC3. The van der Waals surface area contributed by atoms with Crippen molar-refractivity contribution in [3.63, 3.8) is 0 Å². The number of benzene rings is 2. The Labute approximate surface area is 101 Å². The highest BCUT2D eigenvalue weighted by atomic mass is 16.3. The van der Waals surface area contributed by atoms with Gasteiger partial charge in [0.05, 0.1) is 0 Å². The summed E-state index contributed by atoms with van der Waals surface area (Å²) in [5.74, 6) is 0.752. The lowest BCUT2D eigenvalue weighted by Crippen LogP contribution is -2.04. The summed E-state index contributed by atoms with van der Waals surface area (Å²) in [6.07, 6.45) is 3.94. The van der Waals surface area contributed by atoms with Crippen molar-refractivity contribution in [2.45, 2.75) is 32.6 Å². The molecule has 2 nitrogen and oxygen atoms in total. The molecule has 0 aliphatic heterocycles. The van der Waals surface area contributed by atoms with Gasteiger partial charge in [-0.3, -0.25) is 0 Å². The molecule has 88 valence electrons. The Bertz CT molecular complexity index is 600. The van der Waals surface area contributed by atoms with E-state index < -0.39 is 0 Å². The molecule has 0 aromatic heterocycles. The fraction of sp³-hybridized carbons (Fsp3) is 0.333. The summed E-state index contributed by atoms with van der Waals surface area (Å²) in [4.78, 5) is 0. The van der Waals surface area contributed by atoms with Gasteiger partial charge in [0.25, 0.3) is 0 Å². The van der Waals surface area contributed by atoms with Crippen LogP contribution in [0.3, 0.4) is 0 Å². The molecule has 3 rings (SSSR count). The smallest absolute Gasteiger partial charge is 0.127 e. The molecule has 1 aliphatic rings. The minimum Gasteiger partial charge on any atom is -0.507 e. The summed E-state index contributed by atoms with van der Waals surface area (Å²) in [5, 5.41) is 22.3. The second kappa shape index (κ2) is 3.66. The van der Waals surface area contributed by atoms with Crippen LogP contribution in [0.1, 0.15) is 29.5 Å². The van der Waals surface area contributed by atoms with Crippen LogP contribution in [0, 0.1) is 6.92 Å². The molecule has 2 aromatic carbocycles. The second-order valence-corrected chi connectivity index (χ2v) is 4.86. The fourth-order valence-electron chi connectivity index (χ4n) is 2.92. The van der Waals surface area contributed by atoms with Gasteiger partial charge in [-0.05, 0) is 38.2 Å². The van der Waals surface area contributed by atoms with Crippen LogP contribution >= 0.6 is 0 Å². The van der Waals surface area contributed by atoms with Crippen LogP contribution < -0.4 is 0 Å². The van der Waals surface area contributed by atoms with Crippen LogP contribution in [-0.4, -0.2) is 10.2 Å². The molecule has 0 spiro atoms. The normalized spacial score (nSPS) is 14.9. The average Bonchev–Trinajstić information content (AvgIpc) is 2.36. The van der Waals surface area contributed by atoms with Gasteiger partial charge in [0.1, 0.15) is 11.5 Å². The number of hydrogen-bond acceptors (Lipinski definition) is 2. The molecule has 0 amide bonds. The van der Waals surface area contributed by atoms with E-state index in [2.05, 4.69) is 0 Å². The van der Waals surface area contributed by atoms with Crippen molar-refractivity contribution in [3.8, 4) is 11.5 Å². The maximum absolute atomic E-state index is 10.4. The zero-order valence-corrected chi connectivity index (χ0v) is 9.95. The molecular formula is C15H16O2. The lowest BCUT2D eigenvalue weighted by molar-refractivity contribution is 0.449. The van der Waals surface area contributed by atoms with Gasteiger partial charge in [-0.2, -0.15) is 0 Å². The van der Waals surface area contributed by atoms with E-state index in [0.29, 0.717) is 11.5 Å². The molecule has 0 radical (unpaired) electrons. The first-order chi connectivity index (χ1) is 8.20. The first-order valence-electron chi connectivity index (χ1n) is 6.15. The van der Waals surface area contributed by atoms with Gasteiger partial charge in [-0.1, -0.05) is 18.2 Å². The number of aromatic hydroxyl groups is 2. The van der Waals surface area contributed by atoms with E-state index in [1.54, 1.807) is 0 Å². The Morgan fingerprint density at radius 3 is 2.29 bits per heavy atom. The fourth-order valence-corrected chi connectivity index (χ4v) is 2.92. The van der Waals surface area contributed by atoms with Crippen molar-refractivity contribution in [2.75, 3.05) is 0 Å². The largest absolute Gasteiger partial charge is 0.507 e. The maximum atomic E-state index is 10.4. The molecule has 2 aromatic rings. The van der Waals surface area contributed by atoms with Crippen molar-refractivity contribution in [3.05, 3.63) is 34.9 Å². The monoisotopic (exact) mass is 228 g/mol. The van der Waals surface area contributed by atoms with Gasteiger partial charge >= 0.3 is 0 Å². The van der Waals surface area contributed by atoms with Gasteiger partial charge in [0.2, 0.25) is 0 Å². The summed E-state index contributed by atoms with van der Waals surface area (Å²) in [5.41, 5.74) is 2.92. The van der Waals surface area contributed by atoms with E-state index in [1.807, 2.05) is 25.1 Å². The quantitative estimate of drug-likeness (QED) is 0.678. The van der Waals surface area contributed by atoms with Crippen molar-refractivity contribution in [1.29, 1.82) is 0 Å². The summed E-state index contributed by atoms with van der Waals surface area (Å²) in [7, 11) is 0. The first kappa shape index (κ1) is 10.5. The standard InChI is InChI=1S/C15H16O2/c1-9-5-4-8-12-13(9)15(17)11-7-3-2-6-10(11)14(12)16/h4-5,8,16-17H,2-3,6-7H2,1H3. The third kappa shape index (κ3) is 1.40. The van der Waals surface area contributed by atoms with Crippen LogP contribution in [0.25, 0.3) is 10.8 Å². The Morgan fingerprint density at radius 2 is 1.59 bits per heavy atom. The molecule has 17 heavy (non-hydrogen) atoms. The van der Waals surface area contributed by atoms with Gasteiger partial charge in [0, 0.05) is 21.9 Å². The number of aryl methyl sites for hydroxylation is 1. The molecule has 2 heteroatoms. The summed E-state index contributed by atoms with van der Waals surface area (Å²) in [6, 6.07) is 5.77. The molecule has 0 heterocycles. The molecule has 2 N–H and O–H groups in total. The number of rotatable bonds is 0. The molecule has 0 saturated carbocycles. The van der Waals surface area contributed by atoms with Crippen LogP contribution in [0.2, 0.25) is 0 Å². The average molecular weight is 228 g/mol. The molecular weight excluding hydrogens is 212 g/mol. The summed E-state index contributed by atoms with van der Waals surface area (Å²) in [6.45, 7) is 1.97. The van der Waals surface area contributed by atoms with E-state index in [0.717, 1.165) is 53.1 Å². The van der Waals surface area contributed by atoms with Gasteiger partial charge in [-0.25, -0.2) is 0 Å². The van der Waals surface area contributed by atoms with Crippen LogP contribution in [0.5, 0.6) is 11.5 Å². The van der Waals surface area contributed by atoms with Crippen LogP contribution in [0.15, 0.2) is 18.2 Å². The predicted octanol–water partition coefficient (Wildman–Crippen LogP) is 3.44. The number of fused-ring (bicyclic) bond motifs is 2. The van der Waals surface area contributed by atoms with Crippen LogP contribution in [0.4, 0.5) is 0 Å². The number of hydrogen-bond donors (Lipinski definition) is 2. The molecule has 0 fully saturated rings. The zero-order valence-electron chi connectivity index (χ0n) is 9.95. The number of phenolic OH excluding ortho intramolecular Hbond substituents is 2. The Hall–Kier alpha value is -1.70. The van der Waals surface area contributed by atoms with E-state index in [4.69, 9.17) is 0 Å². The maximum Gasteiger partial charge on any atom is 0.127 e. The Kier molecular flexibility index (Phi) is 2.25. The minimum absolute atomic E-state index is 0.371. The highest BCUT2D eigenvalue weighted by molar-refractivity contribution is 5.97. The van der Waals surface area contributed by atoms with Crippen molar-refractivity contribution in [1.82, 2.24) is 0 Å².